The van der Waals surface area contributed by atoms with Crippen LogP contribution in [-0.4, -0.2) is 24.1 Å². The Morgan fingerprint density at radius 2 is 2.07 bits per heavy atom. The van der Waals surface area contributed by atoms with Gasteiger partial charge in [0, 0.05) is 24.6 Å². The summed E-state index contributed by atoms with van der Waals surface area (Å²) in [7, 11) is 0. The second kappa shape index (κ2) is 7.63. The summed E-state index contributed by atoms with van der Waals surface area (Å²) < 4.78 is 9.12. The number of hydrogen-bond acceptors (Lipinski definition) is 6. The van der Waals surface area contributed by atoms with Crippen molar-refractivity contribution in [2.24, 2.45) is 5.92 Å². The van der Waals surface area contributed by atoms with E-state index < -0.39 is 0 Å². The maximum absolute atomic E-state index is 12.4. The Labute approximate surface area is 166 Å². The molecule has 0 amide bonds. The highest BCUT2D eigenvalue weighted by molar-refractivity contribution is 7.98. The normalized spacial score (nSPS) is 11.6. The molecule has 144 valence electrons. The summed E-state index contributed by atoms with van der Waals surface area (Å²) in [6, 6.07) is 9.10. The average molecular weight is 395 g/mol. The highest BCUT2D eigenvalue weighted by Gasteiger charge is 2.17. The number of furan rings is 1. The summed E-state index contributed by atoms with van der Waals surface area (Å²) in [5.74, 6) is 2.37. The summed E-state index contributed by atoms with van der Waals surface area (Å²) in [5, 5.41) is 9.44. The van der Waals surface area contributed by atoms with Crippen LogP contribution in [0.5, 0.6) is 0 Å². The van der Waals surface area contributed by atoms with Gasteiger partial charge >= 0.3 is 0 Å². The van der Waals surface area contributed by atoms with Crippen LogP contribution in [0.15, 0.2) is 57.2 Å². The zero-order chi connectivity index (χ0) is 19.7. The van der Waals surface area contributed by atoms with Gasteiger partial charge in [0.25, 0.3) is 5.56 Å². The second-order valence-corrected chi connectivity index (χ2v) is 8.04. The van der Waals surface area contributed by atoms with Crippen LogP contribution in [0, 0.1) is 12.8 Å². The van der Waals surface area contributed by atoms with E-state index in [9.17, 15) is 4.79 Å². The highest BCUT2D eigenvalue weighted by atomic mass is 32.2. The molecule has 4 aromatic heterocycles. The van der Waals surface area contributed by atoms with E-state index in [0.29, 0.717) is 28.9 Å². The largest absolute Gasteiger partial charge is 0.461 e. The van der Waals surface area contributed by atoms with Gasteiger partial charge in [0.05, 0.1) is 12.0 Å². The molecule has 0 bridgehead atoms. The topological polar surface area (TPSA) is 78.2 Å². The van der Waals surface area contributed by atoms with Crippen molar-refractivity contribution in [1.82, 2.24) is 24.1 Å². The molecule has 0 N–H and O–H groups in total. The van der Waals surface area contributed by atoms with Crippen LogP contribution in [0.4, 0.5) is 0 Å². The molecule has 7 nitrogen and oxygen atoms in total. The van der Waals surface area contributed by atoms with Crippen molar-refractivity contribution in [3.05, 3.63) is 64.4 Å². The average Bonchev–Trinajstić information content (AvgIpc) is 3.29. The minimum Gasteiger partial charge on any atom is -0.461 e. The molecule has 0 unspecified atom stereocenters. The van der Waals surface area contributed by atoms with Crippen molar-refractivity contribution in [1.29, 1.82) is 0 Å². The Hall–Kier alpha value is -2.87. The molecule has 8 heteroatoms. The van der Waals surface area contributed by atoms with E-state index in [-0.39, 0.29) is 5.56 Å². The fourth-order valence-electron chi connectivity index (χ4n) is 2.98. The van der Waals surface area contributed by atoms with E-state index in [2.05, 4.69) is 33.6 Å². The molecular weight excluding hydrogens is 374 g/mol. The van der Waals surface area contributed by atoms with Crippen LogP contribution in [-0.2, 0) is 12.3 Å². The maximum atomic E-state index is 12.4. The van der Waals surface area contributed by atoms with Gasteiger partial charge in [-0.05, 0) is 42.7 Å². The first-order valence-corrected chi connectivity index (χ1v) is 10.1. The molecule has 0 spiro atoms. The SMILES string of the molecule is Cc1ccn2c(=O)cc(CSc3nnc(-c4ccco4)n3CC(C)C)nc2c1. The van der Waals surface area contributed by atoms with Crippen molar-refractivity contribution < 1.29 is 4.42 Å². The van der Waals surface area contributed by atoms with E-state index in [0.717, 1.165) is 23.0 Å². The summed E-state index contributed by atoms with van der Waals surface area (Å²) in [6.07, 6.45) is 3.39. The molecule has 0 aliphatic heterocycles. The Kier molecular flexibility index (Phi) is 5.04. The number of pyridine rings is 1. The van der Waals surface area contributed by atoms with E-state index in [4.69, 9.17) is 4.42 Å². The monoisotopic (exact) mass is 395 g/mol. The number of hydrogen-bond donors (Lipinski definition) is 0. The molecule has 0 radical (unpaired) electrons. The van der Waals surface area contributed by atoms with Crippen LogP contribution >= 0.6 is 11.8 Å². The van der Waals surface area contributed by atoms with E-state index in [1.165, 1.54) is 11.8 Å². The van der Waals surface area contributed by atoms with Crippen molar-refractivity contribution in [2.45, 2.75) is 38.2 Å². The van der Waals surface area contributed by atoms with Crippen LogP contribution in [0.3, 0.4) is 0 Å². The molecule has 0 fully saturated rings. The van der Waals surface area contributed by atoms with Gasteiger partial charge in [-0.3, -0.25) is 13.8 Å². The van der Waals surface area contributed by atoms with Gasteiger partial charge in [-0.25, -0.2) is 4.98 Å². The van der Waals surface area contributed by atoms with Crippen molar-refractivity contribution in [3.8, 4) is 11.6 Å². The third kappa shape index (κ3) is 3.73. The molecule has 28 heavy (non-hydrogen) atoms. The van der Waals surface area contributed by atoms with Gasteiger partial charge in [0.1, 0.15) is 5.65 Å². The third-order valence-corrected chi connectivity index (χ3v) is 5.23. The van der Waals surface area contributed by atoms with Crippen LogP contribution in [0.1, 0.15) is 25.1 Å². The molecular formula is C20H21N5O2S. The lowest BCUT2D eigenvalue weighted by molar-refractivity contribution is 0.489. The third-order valence-electron chi connectivity index (χ3n) is 4.23. The molecule has 0 saturated carbocycles. The van der Waals surface area contributed by atoms with Crippen molar-refractivity contribution in [2.75, 3.05) is 0 Å². The molecule has 4 rings (SSSR count). The Bertz CT molecular complexity index is 1160. The Morgan fingerprint density at radius 3 is 2.82 bits per heavy atom. The van der Waals surface area contributed by atoms with Gasteiger partial charge in [-0.15, -0.1) is 10.2 Å². The fraction of sp³-hybridized carbons (Fsp3) is 0.300. The molecule has 0 atom stereocenters. The van der Waals surface area contributed by atoms with Gasteiger partial charge in [-0.1, -0.05) is 25.6 Å². The van der Waals surface area contributed by atoms with Gasteiger partial charge in [0.2, 0.25) is 0 Å². The molecule has 0 aliphatic rings. The number of rotatable bonds is 6. The van der Waals surface area contributed by atoms with Gasteiger partial charge in [-0.2, -0.15) is 0 Å². The zero-order valence-electron chi connectivity index (χ0n) is 16.0. The number of aromatic nitrogens is 5. The van der Waals surface area contributed by atoms with Crippen LogP contribution < -0.4 is 5.56 Å². The van der Waals surface area contributed by atoms with Gasteiger partial charge in [0.15, 0.2) is 16.7 Å². The van der Waals surface area contributed by atoms with Crippen LogP contribution in [0.25, 0.3) is 17.2 Å². The van der Waals surface area contributed by atoms with E-state index in [1.807, 2.05) is 31.2 Å². The zero-order valence-corrected chi connectivity index (χ0v) is 16.8. The second-order valence-electron chi connectivity index (χ2n) is 7.09. The standard InChI is InChI=1S/C20H21N5O2S/c1-13(2)11-25-19(16-5-4-8-27-16)22-23-20(25)28-12-15-10-18(26)24-7-6-14(3)9-17(24)21-15/h4-10,13H,11-12H2,1-3H3. The smallest absolute Gasteiger partial charge is 0.258 e. The van der Waals surface area contributed by atoms with Crippen molar-refractivity contribution >= 4 is 17.4 Å². The molecule has 4 heterocycles. The Balaban J connectivity index is 1.63. The highest BCUT2D eigenvalue weighted by Crippen LogP contribution is 2.27. The van der Waals surface area contributed by atoms with E-state index >= 15 is 0 Å². The predicted molar refractivity (Wildman–Crippen MR) is 108 cm³/mol. The number of nitrogens with zero attached hydrogens (tertiary/aromatic N) is 5. The van der Waals surface area contributed by atoms with Crippen molar-refractivity contribution in [3.63, 3.8) is 0 Å². The quantitative estimate of drug-likeness (QED) is 0.462. The minimum absolute atomic E-state index is 0.0829. The number of aryl methyl sites for hydroxylation is 1. The Morgan fingerprint density at radius 1 is 1.21 bits per heavy atom. The molecule has 0 aliphatic carbocycles. The first-order chi connectivity index (χ1) is 13.5. The molecule has 0 saturated heterocycles. The number of fused-ring (bicyclic) bond motifs is 1. The summed E-state index contributed by atoms with van der Waals surface area (Å²) in [4.78, 5) is 17.0. The first-order valence-electron chi connectivity index (χ1n) is 9.10. The minimum atomic E-state index is -0.0829. The number of thioether (sulfide) groups is 1. The lowest BCUT2D eigenvalue weighted by Gasteiger charge is -2.11. The van der Waals surface area contributed by atoms with E-state index in [1.54, 1.807) is 22.9 Å². The molecule has 0 aromatic carbocycles. The summed E-state index contributed by atoms with van der Waals surface area (Å²) >= 11 is 1.52. The fourth-order valence-corrected chi connectivity index (χ4v) is 3.82. The van der Waals surface area contributed by atoms with Gasteiger partial charge < -0.3 is 4.42 Å². The maximum Gasteiger partial charge on any atom is 0.258 e. The summed E-state index contributed by atoms with van der Waals surface area (Å²) in [5.41, 5.74) is 2.36. The lowest BCUT2D eigenvalue weighted by atomic mass is 10.2. The van der Waals surface area contributed by atoms with Crippen LogP contribution in [0.2, 0.25) is 0 Å². The first kappa shape index (κ1) is 18.5. The summed E-state index contributed by atoms with van der Waals surface area (Å²) in [6.45, 7) is 7.06. The predicted octanol–water partition coefficient (Wildman–Crippen LogP) is 3.80. The molecule has 4 aromatic rings. The lowest BCUT2D eigenvalue weighted by Crippen LogP contribution is -2.15.